The van der Waals surface area contributed by atoms with Gasteiger partial charge in [0, 0.05) is 15.3 Å². The smallest absolute Gasteiger partial charge is 0.346 e. The van der Waals surface area contributed by atoms with E-state index in [0.29, 0.717) is 11.3 Å². The highest BCUT2D eigenvalue weighted by molar-refractivity contribution is 7.55. The first-order chi connectivity index (χ1) is 10.6. The molecule has 2 aromatic rings. The number of rotatable bonds is 8. The van der Waals surface area contributed by atoms with E-state index in [2.05, 4.69) is 0 Å². The summed E-state index contributed by atoms with van der Waals surface area (Å²) in [5.41, 5.74) is -0.0704. The van der Waals surface area contributed by atoms with Gasteiger partial charge in [0.2, 0.25) is 0 Å². The van der Waals surface area contributed by atoms with Gasteiger partial charge in [-0.3, -0.25) is 4.57 Å². The van der Waals surface area contributed by atoms with Crippen molar-refractivity contribution in [3.63, 3.8) is 0 Å². The van der Waals surface area contributed by atoms with Crippen LogP contribution < -0.4 is 0 Å². The predicted octanol–water partition coefficient (Wildman–Crippen LogP) is 4.50. The summed E-state index contributed by atoms with van der Waals surface area (Å²) >= 11 is 1.52. The van der Waals surface area contributed by atoms with Gasteiger partial charge in [-0.25, -0.2) is 0 Å². The van der Waals surface area contributed by atoms with Gasteiger partial charge in [0.05, 0.1) is 26.1 Å². The van der Waals surface area contributed by atoms with Gasteiger partial charge >= 0.3 is 7.60 Å². The number of hydrogen-bond acceptors (Lipinski definition) is 6. The monoisotopic (exact) mass is 344 g/mol. The Morgan fingerprint density at radius 3 is 2.45 bits per heavy atom. The third-order valence-electron chi connectivity index (χ3n) is 3.16. The summed E-state index contributed by atoms with van der Waals surface area (Å²) in [6.45, 7) is 5.88. The van der Waals surface area contributed by atoms with Crippen molar-refractivity contribution < 1.29 is 23.1 Å². The van der Waals surface area contributed by atoms with Crippen molar-refractivity contribution in [1.29, 1.82) is 0 Å². The second-order valence-corrected chi connectivity index (χ2v) is 8.13. The molecule has 122 valence electrons. The summed E-state index contributed by atoms with van der Waals surface area (Å²) in [5.74, 6) is 0.439. The maximum atomic E-state index is 13.3. The van der Waals surface area contributed by atoms with E-state index in [1.165, 1.54) is 17.6 Å². The van der Waals surface area contributed by atoms with Crippen molar-refractivity contribution in [1.82, 2.24) is 0 Å². The molecule has 0 spiro atoms. The molecule has 5 nitrogen and oxygen atoms in total. The number of thiophene rings is 1. The van der Waals surface area contributed by atoms with E-state index in [0.717, 1.165) is 9.75 Å². The SMILES string of the molecule is CCOP(=O)(OCC)C(c1ccc(C)s1)c1occc1CO. The fraction of sp³-hybridized carbons (Fsp3) is 0.467. The zero-order valence-corrected chi connectivity index (χ0v) is 14.7. The third-order valence-corrected chi connectivity index (χ3v) is 6.79. The van der Waals surface area contributed by atoms with Gasteiger partial charge in [-0.15, -0.1) is 11.3 Å². The topological polar surface area (TPSA) is 68.9 Å². The minimum atomic E-state index is -3.46. The highest BCUT2D eigenvalue weighted by Crippen LogP contribution is 2.65. The minimum Gasteiger partial charge on any atom is -0.468 e. The molecular formula is C15H21O5PS. The van der Waals surface area contributed by atoms with Crippen molar-refractivity contribution in [2.24, 2.45) is 0 Å². The van der Waals surface area contributed by atoms with E-state index < -0.39 is 13.3 Å². The molecule has 0 fully saturated rings. The van der Waals surface area contributed by atoms with Crippen LogP contribution >= 0.6 is 18.9 Å². The van der Waals surface area contributed by atoms with Gasteiger partial charge in [0.15, 0.2) is 5.66 Å². The molecule has 0 radical (unpaired) electrons. The Balaban J connectivity index is 2.56. The van der Waals surface area contributed by atoms with Crippen LogP contribution in [0.25, 0.3) is 0 Å². The van der Waals surface area contributed by atoms with Gasteiger partial charge in [-0.2, -0.15) is 0 Å². The van der Waals surface area contributed by atoms with Crippen LogP contribution in [-0.4, -0.2) is 18.3 Å². The second-order valence-electron chi connectivity index (χ2n) is 4.69. The Bertz CT molecular complexity index is 638. The number of aliphatic hydroxyl groups excluding tert-OH is 1. The lowest BCUT2D eigenvalue weighted by molar-refractivity contribution is 0.212. The summed E-state index contributed by atoms with van der Waals surface area (Å²) in [7, 11) is -3.46. The van der Waals surface area contributed by atoms with Gasteiger partial charge in [0.1, 0.15) is 5.76 Å². The highest BCUT2D eigenvalue weighted by Gasteiger charge is 2.42. The maximum Gasteiger partial charge on any atom is 0.346 e. The van der Waals surface area contributed by atoms with Gasteiger partial charge < -0.3 is 18.6 Å². The van der Waals surface area contributed by atoms with E-state index in [-0.39, 0.29) is 19.8 Å². The molecule has 2 rings (SSSR count). The van der Waals surface area contributed by atoms with Crippen molar-refractivity contribution >= 4 is 18.9 Å². The molecule has 0 aliphatic heterocycles. The zero-order chi connectivity index (χ0) is 16.2. The summed E-state index contributed by atoms with van der Waals surface area (Å²) in [6.07, 6.45) is 1.48. The Kier molecular flexibility index (Phi) is 6.01. The van der Waals surface area contributed by atoms with Crippen LogP contribution in [0.1, 0.15) is 40.6 Å². The summed E-state index contributed by atoms with van der Waals surface area (Å²) < 4.78 is 29.9. The molecule has 0 bridgehead atoms. The fourth-order valence-corrected chi connectivity index (χ4v) is 5.71. The molecule has 1 atom stereocenters. The average molecular weight is 344 g/mol. The largest absolute Gasteiger partial charge is 0.468 e. The number of hydrogen-bond donors (Lipinski definition) is 1. The summed E-state index contributed by atoms with van der Waals surface area (Å²) in [5, 5.41) is 9.51. The molecule has 0 saturated carbocycles. The summed E-state index contributed by atoms with van der Waals surface area (Å²) in [4.78, 5) is 1.93. The van der Waals surface area contributed by atoms with Crippen molar-refractivity contribution in [3.8, 4) is 0 Å². The first-order valence-corrected chi connectivity index (χ1v) is 9.60. The molecule has 22 heavy (non-hydrogen) atoms. The van der Waals surface area contributed by atoms with E-state index in [4.69, 9.17) is 13.5 Å². The van der Waals surface area contributed by atoms with E-state index >= 15 is 0 Å². The molecular weight excluding hydrogens is 323 g/mol. The average Bonchev–Trinajstić information content (AvgIpc) is 3.09. The van der Waals surface area contributed by atoms with Crippen molar-refractivity contribution in [2.45, 2.75) is 33.0 Å². The van der Waals surface area contributed by atoms with Crippen LogP contribution in [0.2, 0.25) is 0 Å². The minimum absolute atomic E-state index is 0.190. The molecule has 0 aromatic carbocycles. The summed E-state index contributed by atoms with van der Waals surface area (Å²) in [6, 6.07) is 5.53. The number of furan rings is 1. The fourth-order valence-electron chi connectivity index (χ4n) is 2.29. The molecule has 0 aliphatic rings. The Morgan fingerprint density at radius 2 is 1.95 bits per heavy atom. The van der Waals surface area contributed by atoms with Crippen molar-refractivity contribution in [3.05, 3.63) is 45.5 Å². The molecule has 1 N–H and O–H groups in total. The lowest BCUT2D eigenvalue weighted by Gasteiger charge is -2.25. The number of aryl methyl sites for hydroxylation is 1. The predicted molar refractivity (Wildman–Crippen MR) is 86.4 cm³/mol. The molecule has 7 heteroatoms. The second kappa shape index (κ2) is 7.57. The van der Waals surface area contributed by atoms with Crippen LogP contribution in [-0.2, 0) is 20.2 Å². The standard InChI is InChI=1S/C15H21O5PS/c1-4-19-21(17,20-5-2)15(13-7-6-11(3)22-13)14-12(10-16)8-9-18-14/h6-9,15-16H,4-5,10H2,1-3H3. The quantitative estimate of drug-likeness (QED) is 0.714. The van der Waals surface area contributed by atoms with Gasteiger partial charge in [-0.05, 0) is 39.0 Å². The molecule has 2 aromatic heterocycles. The molecule has 0 amide bonds. The Labute approximate surface area is 134 Å². The van der Waals surface area contributed by atoms with E-state index in [9.17, 15) is 9.67 Å². The lowest BCUT2D eigenvalue weighted by atomic mass is 10.2. The van der Waals surface area contributed by atoms with Gasteiger partial charge in [-0.1, -0.05) is 0 Å². The molecule has 0 aliphatic carbocycles. The molecule has 1 unspecified atom stereocenters. The zero-order valence-electron chi connectivity index (χ0n) is 12.9. The highest BCUT2D eigenvalue weighted by atomic mass is 32.1. The normalized spacial score (nSPS) is 13.5. The molecule has 2 heterocycles. The molecule has 0 saturated heterocycles. The van der Waals surface area contributed by atoms with Crippen LogP contribution in [0, 0.1) is 6.92 Å². The first-order valence-electron chi connectivity index (χ1n) is 7.18. The Hall–Kier alpha value is -0.910. The third kappa shape index (κ3) is 3.53. The van der Waals surface area contributed by atoms with Crippen LogP contribution in [0.3, 0.4) is 0 Å². The van der Waals surface area contributed by atoms with Crippen LogP contribution in [0.5, 0.6) is 0 Å². The van der Waals surface area contributed by atoms with Crippen molar-refractivity contribution in [2.75, 3.05) is 13.2 Å². The van der Waals surface area contributed by atoms with Gasteiger partial charge in [0.25, 0.3) is 0 Å². The van der Waals surface area contributed by atoms with Crippen LogP contribution in [0.4, 0.5) is 0 Å². The first kappa shape index (κ1) is 17.4. The van der Waals surface area contributed by atoms with Crippen LogP contribution in [0.15, 0.2) is 28.9 Å². The number of aliphatic hydroxyl groups is 1. The Morgan fingerprint density at radius 1 is 1.27 bits per heavy atom. The maximum absolute atomic E-state index is 13.3. The van der Waals surface area contributed by atoms with E-state index in [1.54, 1.807) is 19.9 Å². The van der Waals surface area contributed by atoms with E-state index in [1.807, 2.05) is 19.1 Å². The lowest BCUT2D eigenvalue weighted by Crippen LogP contribution is -2.08.